The van der Waals surface area contributed by atoms with Gasteiger partial charge in [-0.1, -0.05) is 18.2 Å². The third kappa shape index (κ3) is 4.06. The largest absolute Gasteiger partial charge is 0.321 e. The number of hydrogen-bond acceptors (Lipinski definition) is 4. The van der Waals surface area contributed by atoms with Gasteiger partial charge in [0.1, 0.15) is 4.88 Å². The van der Waals surface area contributed by atoms with Gasteiger partial charge in [-0.05, 0) is 50.1 Å². The van der Waals surface area contributed by atoms with Crippen LogP contribution in [0.3, 0.4) is 0 Å². The van der Waals surface area contributed by atoms with Crippen LogP contribution in [0.4, 0.5) is 5.69 Å². The highest BCUT2D eigenvalue weighted by molar-refractivity contribution is 7.13. The van der Waals surface area contributed by atoms with Crippen molar-refractivity contribution in [2.24, 2.45) is 0 Å². The molecule has 0 spiro atoms. The van der Waals surface area contributed by atoms with Gasteiger partial charge in [0.05, 0.1) is 10.7 Å². The molecule has 3 aromatic rings. The lowest BCUT2D eigenvalue weighted by Gasteiger charge is -2.04. The lowest BCUT2D eigenvalue weighted by Crippen LogP contribution is -2.11. The molecule has 24 heavy (non-hydrogen) atoms. The van der Waals surface area contributed by atoms with Crippen molar-refractivity contribution in [3.63, 3.8) is 0 Å². The van der Waals surface area contributed by atoms with E-state index in [-0.39, 0.29) is 5.91 Å². The summed E-state index contributed by atoms with van der Waals surface area (Å²) in [6.45, 7) is 3.88. The second-order valence-electron chi connectivity index (χ2n) is 5.67. The highest BCUT2D eigenvalue weighted by Gasteiger charge is 2.15. The zero-order valence-electron chi connectivity index (χ0n) is 13.7. The molecule has 1 N–H and O–H groups in total. The van der Waals surface area contributed by atoms with Crippen LogP contribution in [0.1, 0.15) is 31.6 Å². The number of carbonyl (C=O) groups is 1. The van der Waals surface area contributed by atoms with Crippen molar-refractivity contribution in [1.29, 1.82) is 0 Å². The fraction of sp³-hybridized carbons (Fsp3) is 0.211. The molecular weight excluding hydrogens is 318 g/mol. The summed E-state index contributed by atoms with van der Waals surface area (Å²) >= 11 is 1.46. The average Bonchev–Trinajstić information content (AvgIpc) is 2.95. The van der Waals surface area contributed by atoms with Gasteiger partial charge in [0.25, 0.3) is 5.91 Å². The summed E-state index contributed by atoms with van der Waals surface area (Å²) in [6, 6.07) is 13.7. The molecule has 122 valence electrons. The van der Waals surface area contributed by atoms with E-state index in [1.807, 2.05) is 56.3 Å². The minimum Gasteiger partial charge on any atom is -0.321 e. The van der Waals surface area contributed by atoms with Gasteiger partial charge in [-0.2, -0.15) is 0 Å². The normalized spacial score (nSPS) is 10.6. The Kier molecular flexibility index (Phi) is 5.01. The first-order valence-corrected chi connectivity index (χ1v) is 8.68. The van der Waals surface area contributed by atoms with E-state index >= 15 is 0 Å². The van der Waals surface area contributed by atoms with Crippen LogP contribution in [0, 0.1) is 13.8 Å². The lowest BCUT2D eigenvalue weighted by molar-refractivity contribution is 0.103. The van der Waals surface area contributed by atoms with Gasteiger partial charge in [-0.3, -0.25) is 9.78 Å². The van der Waals surface area contributed by atoms with E-state index in [9.17, 15) is 4.79 Å². The monoisotopic (exact) mass is 337 g/mol. The number of rotatable bonds is 5. The summed E-state index contributed by atoms with van der Waals surface area (Å²) in [5.41, 5.74) is 3.74. The van der Waals surface area contributed by atoms with E-state index in [4.69, 9.17) is 0 Å². The van der Waals surface area contributed by atoms with E-state index in [0.717, 1.165) is 40.5 Å². The van der Waals surface area contributed by atoms with Crippen LogP contribution in [0.2, 0.25) is 0 Å². The Morgan fingerprint density at radius 2 is 2.00 bits per heavy atom. The van der Waals surface area contributed by atoms with Crippen LogP contribution in [0.25, 0.3) is 0 Å². The summed E-state index contributed by atoms with van der Waals surface area (Å²) in [7, 11) is 0. The second-order valence-corrected chi connectivity index (χ2v) is 6.75. The van der Waals surface area contributed by atoms with E-state index in [2.05, 4.69) is 15.3 Å². The van der Waals surface area contributed by atoms with Crippen molar-refractivity contribution in [2.45, 2.75) is 26.7 Å². The molecule has 0 aliphatic rings. The molecule has 0 aliphatic heterocycles. The molecule has 0 radical (unpaired) electrons. The van der Waals surface area contributed by atoms with Crippen LogP contribution in [-0.4, -0.2) is 15.9 Å². The fourth-order valence-electron chi connectivity index (χ4n) is 2.46. The number of anilines is 1. The molecule has 1 aromatic carbocycles. The van der Waals surface area contributed by atoms with E-state index in [1.165, 1.54) is 11.3 Å². The molecule has 0 saturated carbocycles. The Labute approximate surface area is 145 Å². The number of carbonyl (C=O) groups excluding carboxylic acids is 1. The molecular formula is C19H19N3OS. The lowest BCUT2D eigenvalue weighted by atomic mass is 10.2. The van der Waals surface area contributed by atoms with Crippen molar-refractivity contribution < 1.29 is 4.79 Å². The third-order valence-corrected chi connectivity index (χ3v) is 4.86. The minimum atomic E-state index is -0.0975. The zero-order valence-corrected chi connectivity index (χ0v) is 14.6. The first-order chi connectivity index (χ1) is 11.6. The third-order valence-electron chi connectivity index (χ3n) is 3.64. The summed E-state index contributed by atoms with van der Waals surface area (Å²) in [4.78, 5) is 22.0. The quantitative estimate of drug-likeness (QED) is 0.759. The molecule has 1 amide bonds. The predicted molar refractivity (Wildman–Crippen MR) is 97.6 cm³/mol. The number of thiazole rings is 1. The van der Waals surface area contributed by atoms with Crippen LogP contribution < -0.4 is 5.32 Å². The molecule has 5 heteroatoms. The van der Waals surface area contributed by atoms with Gasteiger partial charge in [-0.15, -0.1) is 11.3 Å². The summed E-state index contributed by atoms with van der Waals surface area (Å²) in [5.74, 6) is -0.0975. The topological polar surface area (TPSA) is 54.9 Å². The van der Waals surface area contributed by atoms with Crippen LogP contribution in [0.15, 0.2) is 48.7 Å². The number of aromatic nitrogens is 2. The smallest absolute Gasteiger partial charge is 0.267 e. The number of nitrogens with one attached hydrogen (secondary N) is 1. The molecule has 2 heterocycles. The molecule has 0 bridgehead atoms. The number of pyridine rings is 1. The van der Waals surface area contributed by atoms with Gasteiger partial charge in [0.2, 0.25) is 0 Å². The van der Waals surface area contributed by atoms with E-state index < -0.39 is 0 Å². The van der Waals surface area contributed by atoms with Crippen LogP contribution in [-0.2, 0) is 12.8 Å². The molecule has 2 aromatic heterocycles. The standard InChI is InChI=1S/C19H19N3OS/c1-13-6-5-8-16(12-13)22-19(23)18-14(2)21-17(24-18)10-9-15-7-3-4-11-20-15/h3-8,11-12H,9-10H2,1-2H3,(H,22,23). The van der Waals surface area contributed by atoms with Gasteiger partial charge < -0.3 is 5.32 Å². The maximum Gasteiger partial charge on any atom is 0.267 e. The summed E-state index contributed by atoms with van der Waals surface area (Å²) in [6.07, 6.45) is 3.41. The Morgan fingerprint density at radius 3 is 2.75 bits per heavy atom. The number of benzene rings is 1. The first kappa shape index (κ1) is 16.3. The maximum absolute atomic E-state index is 12.5. The Balaban J connectivity index is 1.68. The van der Waals surface area contributed by atoms with Crippen molar-refractivity contribution in [3.8, 4) is 0 Å². The summed E-state index contributed by atoms with van der Waals surface area (Å²) < 4.78 is 0. The number of nitrogens with zero attached hydrogens (tertiary/aromatic N) is 2. The average molecular weight is 337 g/mol. The fourth-order valence-corrected chi connectivity index (χ4v) is 3.42. The molecule has 3 rings (SSSR count). The highest BCUT2D eigenvalue weighted by Crippen LogP contribution is 2.21. The van der Waals surface area contributed by atoms with Crippen molar-refractivity contribution >= 4 is 22.9 Å². The van der Waals surface area contributed by atoms with Gasteiger partial charge in [0, 0.05) is 24.0 Å². The van der Waals surface area contributed by atoms with Crippen LogP contribution in [0.5, 0.6) is 0 Å². The molecule has 0 aliphatic carbocycles. The van der Waals surface area contributed by atoms with Crippen molar-refractivity contribution in [3.05, 3.63) is 75.5 Å². The molecule has 4 nitrogen and oxygen atoms in total. The number of aryl methyl sites for hydroxylation is 4. The summed E-state index contributed by atoms with van der Waals surface area (Å²) in [5, 5.41) is 3.91. The van der Waals surface area contributed by atoms with E-state index in [0.29, 0.717) is 4.88 Å². The molecule has 0 unspecified atom stereocenters. The molecule has 0 atom stereocenters. The van der Waals surface area contributed by atoms with Crippen molar-refractivity contribution in [2.75, 3.05) is 5.32 Å². The second kappa shape index (κ2) is 7.36. The van der Waals surface area contributed by atoms with Crippen LogP contribution >= 0.6 is 11.3 Å². The number of hydrogen-bond donors (Lipinski definition) is 1. The highest BCUT2D eigenvalue weighted by atomic mass is 32.1. The predicted octanol–water partition coefficient (Wildman–Crippen LogP) is 4.19. The van der Waals surface area contributed by atoms with Crippen molar-refractivity contribution in [1.82, 2.24) is 9.97 Å². The first-order valence-electron chi connectivity index (χ1n) is 7.86. The maximum atomic E-state index is 12.5. The Hall–Kier alpha value is -2.53. The minimum absolute atomic E-state index is 0.0975. The zero-order chi connectivity index (χ0) is 16.9. The Morgan fingerprint density at radius 1 is 1.12 bits per heavy atom. The van der Waals surface area contributed by atoms with Gasteiger partial charge in [-0.25, -0.2) is 4.98 Å². The SMILES string of the molecule is Cc1cccc(NC(=O)c2sc(CCc3ccccn3)nc2C)c1. The van der Waals surface area contributed by atoms with E-state index in [1.54, 1.807) is 6.20 Å². The van der Waals surface area contributed by atoms with Gasteiger partial charge >= 0.3 is 0 Å². The molecule has 0 fully saturated rings. The number of amides is 1. The molecule has 0 saturated heterocycles. The Bertz CT molecular complexity index is 843. The van der Waals surface area contributed by atoms with Gasteiger partial charge in [0.15, 0.2) is 0 Å².